The van der Waals surface area contributed by atoms with Gasteiger partial charge in [-0.25, -0.2) is 0 Å². The molecule has 1 aliphatic carbocycles. The van der Waals surface area contributed by atoms with Crippen LogP contribution in [-0.4, -0.2) is 53.7 Å². The molecular formula is C13H22N4OS. The highest BCUT2D eigenvalue weighted by atomic mass is 32.1. The molecule has 1 aliphatic heterocycles. The number of β-amino-alcohol motifs (C(OH)–C–C–N with tert-alkyl or cyclic N) is 1. The molecule has 0 bridgehead atoms. The number of anilines is 2. The summed E-state index contributed by atoms with van der Waals surface area (Å²) in [5.74, 6) is 1.41. The number of hydrogen-bond donors (Lipinski definition) is 2. The van der Waals surface area contributed by atoms with Gasteiger partial charge >= 0.3 is 0 Å². The van der Waals surface area contributed by atoms with Crippen LogP contribution in [0, 0.1) is 0 Å². The van der Waals surface area contributed by atoms with E-state index in [0.717, 1.165) is 45.0 Å². The number of nitrogens with two attached hydrogens (primary N) is 1. The van der Waals surface area contributed by atoms with Crippen molar-refractivity contribution in [2.75, 3.05) is 50.0 Å². The van der Waals surface area contributed by atoms with Crippen molar-refractivity contribution in [3.05, 3.63) is 5.56 Å². The number of aliphatic hydroxyl groups is 1. The number of aliphatic hydroxyl groups excluding tert-OH is 1. The van der Waals surface area contributed by atoms with Gasteiger partial charge in [-0.15, -0.1) is 0 Å². The van der Waals surface area contributed by atoms with Crippen LogP contribution in [0.1, 0.15) is 30.7 Å². The average molecular weight is 282 g/mol. The molecule has 1 aromatic rings. The molecule has 1 saturated heterocycles. The highest BCUT2D eigenvalue weighted by Crippen LogP contribution is 2.48. The van der Waals surface area contributed by atoms with E-state index in [2.05, 4.69) is 14.2 Å². The summed E-state index contributed by atoms with van der Waals surface area (Å²) in [6, 6.07) is 0. The summed E-state index contributed by atoms with van der Waals surface area (Å²) >= 11 is 1.56. The molecule has 0 aromatic carbocycles. The molecule has 0 amide bonds. The zero-order valence-corrected chi connectivity index (χ0v) is 12.0. The second kappa shape index (κ2) is 5.64. The van der Waals surface area contributed by atoms with E-state index in [9.17, 15) is 0 Å². The fraction of sp³-hybridized carbons (Fsp3) is 0.769. The lowest BCUT2D eigenvalue weighted by Gasteiger charge is -2.22. The Morgan fingerprint density at radius 1 is 1.26 bits per heavy atom. The molecule has 0 unspecified atom stereocenters. The molecule has 2 fully saturated rings. The van der Waals surface area contributed by atoms with Crippen LogP contribution in [0.25, 0.3) is 0 Å². The lowest BCUT2D eigenvalue weighted by molar-refractivity contribution is 0.204. The monoisotopic (exact) mass is 282 g/mol. The van der Waals surface area contributed by atoms with Crippen LogP contribution in [0.2, 0.25) is 0 Å². The maximum atomic E-state index is 9.04. The molecule has 2 heterocycles. The van der Waals surface area contributed by atoms with Gasteiger partial charge in [-0.05, 0) is 43.3 Å². The standard InChI is InChI=1S/C13H22N4OS/c14-12-11(10-2-3-10)13(19-15-12)17-5-1-4-16(6-7-17)8-9-18/h10,18H,1-9H2,(H2,14,15). The summed E-state index contributed by atoms with van der Waals surface area (Å²) < 4.78 is 4.36. The van der Waals surface area contributed by atoms with Crippen molar-refractivity contribution in [1.82, 2.24) is 9.27 Å². The van der Waals surface area contributed by atoms with Gasteiger partial charge in [0.1, 0.15) is 10.8 Å². The van der Waals surface area contributed by atoms with Crippen molar-refractivity contribution in [2.24, 2.45) is 0 Å². The molecule has 3 N–H and O–H groups in total. The Bertz CT molecular complexity index is 432. The zero-order valence-electron chi connectivity index (χ0n) is 11.2. The quantitative estimate of drug-likeness (QED) is 0.866. The summed E-state index contributed by atoms with van der Waals surface area (Å²) in [6.07, 6.45) is 3.67. The van der Waals surface area contributed by atoms with E-state index in [4.69, 9.17) is 10.8 Å². The van der Waals surface area contributed by atoms with Crippen LogP contribution < -0.4 is 10.6 Å². The first-order valence-electron chi connectivity index (χ1n) is 7.13. The van der Waals surface area contributed by atoms with E-state index in [1.807, 2.05) is 0 Å². The minimum atomic E-state index is 0.251. The molecule has 2 aliphatic rings. The maximum absolute atomic E-state index is 9.04. The van der Waals surface area contributed by atoms with Crippen molar-refractivity contribution >= 4 is 22.4 Å². The van der Waals surface area contributed by atoms with Crippen molar-refractivity contribution in [3.63, 3.8) is 0 Å². The number of hydrogen-bond acceptors (Lipinski definition) is 6. The van der Waals surface area contributed by atoms with Gasteiger partial charge in [0.25, 0.3) is 0 Å². The first kappa shape index (κ1) is 13.1. The Morgan fingerprint density at radius 2 is 2.11 bits per heavy atom. The molecule has 0 atom stereocenters. The van der Waals surface area contributed by atoms with Crippen molar-refractivity contribution in [1.29, 1.82) is 0 Å². The van der Waals surface area contributed by atoms with Crippen molar-refractivity contribution in [3.8, 4) is 0 Å². The SMILES string of the molecule is Nc1nsc(N2CCCN(CCO)CC2)c1C1CC1. The highest BCUT2D eigenvalue weighted by molar-refractivity contribution is 7.10. The third-order valence-electron chi connectivity index (χ3n) is 4.01. The lowest BCUT2D eigenvalue weighted by Crippen LogP contribution is -2.32. The average Bonchev–Trinajstić information content (AvgIpc) is 3.19. The fourth-order valence-electron chi connectivity index (χ4n) is 2.82. The summed E-state index contributed by atoms with van der Waals surface area (Å²) in [5, 5.41) is 10.3. The minimum Gasteiger partial charge on any atom is -0.395 e. The van der Waals surface area contributed by atoms with Crippen LogP contribution in [0.3, 0.4) is 0 Å². The molecule has 6 heteroatoms. The Balaban J connectivity index is 1.72. The van der Waals surface area contributed by atoms with E-state index in [1.165, 1.54) is 23.4 Å². The third-order valence-corrected chi connectivity index (χ3v) is 4.95. The number of aromatic nitrogens is 1. The first-order chi connectivity index (χ1) is 9.29. The molecule has 3 rings (SSSR count). The predicted octanol–water partition coefficient (Wildman–Crippen LogP) is 1.11. The Kier molecular flexibility index (Phi) is 3.91. The van der Waals surface area contributed by atoms with Gasteiger partial charge in [0.05, 0.1) is 6.61 Å². The summed E-state index contributed by atoms with van der Waals surface area (Å²) in [5.41, 5.74) is 7.34. The summed E-state index contributed by atoms with van der Waals surface area (Å²) in [4.78, 5) is 4.78. The van der Waals surface area contributed by atoms with E-state index >= 15 is 0 Å². The summed E-state index contributed by atoms with van der Waals surface area (Å²) in [6.45, 7) is 5.21. The first-order valence-corrected chi connectivity index (χ1v) is 7.90. The Morgan fingerprint density at radius 3 is 2.84 bits per heavy atom. The maximum Gasteiger partial charge on any atom is 0.142 e. The zero-order chi connectivity index (χ0) is 13.2. The number of rotatable bonds is 4. The van der Waals surface area contributed by atoms with Crippen LogP contribution in [0.4, 0.5) is 10.8 Å². The van der Waals surface area contributed by atoms with Gasteiger partial charge in [0, 0.05) is 31.7 Å². The molecular weight excluding hydrogens is 260 g/mol. The van der Waals surface area contributed by atoms with Gasteiger partial charge in [-0.2, -0.15) is 4.37 Å². The molecule has 0 radical (unpaired) electrons. The summed E-state index contributed by atoms with van der Waals surface area (Å²) in [7, 11) is 0. The smallest absolute Gasteiger partial charge is 0.142 e. The van der Waals surface area contributed by atoms with Crippen LogP contribution in [-0.2, 0) is 0 Å². The van der Waals surface area contributed by atoms with Gasteiger partial charge in [-0.1, -0.05) is 0 Å². The predicted molar refractivity (Wildman–Crippen MR) is 78.9 cm³/mol. The van der Waals surface area contributed by atoms with Gasteiger partial charge < -0.3 is 15.7 Å². The van der Waals surface area contributed by atoms with Gasteiger partial charge in [-0.3, -0.25) is 4.90 Å². The number of nitrogen functional groups attached to an aromatic ring is 1. The molecule has 106 valence electrons. The number of nitrogens with zero attached hydrogens (tertiary/aromatic N) is 3. The topological polar surface area (TPSA) is 65.6 Å². The second-order valence-corrected chi connectivity index (χ2v) is 6.22. The fourth-order valence-corrected chi connectivity index (χ4v) is 3.77. The van der Waals surface area contributed by atoms with E-state index in [0.29, 0.717) is 5.92 Å². The Hall–Kier alpha value is -0.850. The normalized spacial score (nSPS) is 21.6. The second-order valence-electron chi connectivity index (χ2n) is 5.47. The Labute approximate surface area is 118 Å². The third kappa shape index (κ3) is 2.85. The van der Waals surface area contributed by atoms with Crippen LogP contribution in [0.5, 0.6) is 0 Å². The van der Waals surface area contributed by atoms with Crippen molar-refractivity contribution in [2.45, 2.75) is 25.2 Å². The van der Waals surface area contributed by atoms with Gasteiger partial charge in [0.2, 0.25) is 0 Å². The highest BCUT2D eigenvalue weighted by Gasteiger charge is 2.32. The molecule has 5 nitrogen and oxygen atoms in total. The lowest BCUT2D eigenvalue weighted by atomic mass is 10.2. The van der Waals surface area contributed by atoms with E-state index in [-0.39, 0.29) is 6.61 Å². The van der Waals surface area contributed by atoms with Gasteiger partial charge in [0.15, 0.2) is 0 Å². The largest absolute Gasteiger partial charge is 0.395 e. The van der Waals surface area contributed by atoms with Crippen LogP contribution in [0.15, 0.2) is 0 Å². The molecule has 1 aromatic heterocycles. The van der Waals surface area contributed by atoms with Crippen molar-refractivity contribution < 1.29 is 5.11 Å². The minimum absolute atomic E-state index is 0.251. The van der Waals surface area contributed by atoms with E-state index < -0.39 is 0 Å². The molecule has 0 spiro atoms. The molecule has 19 heavy (non-hydrogen) atoms. The van der Waals surface area contributed by atoms with Crippen LogP contribution >= 0.6 is 11.5 Å². The molecule has 1 saturated carbocycles. The van der Waals surface area contributed by atoms with E-state index in [1.54, 1.807) is 11.5 Å².